The molecule has 1 aliphatic rings. The van der Waals surface area contributed by atoms with Crippen LogP contribution >= 0.6 is 0 Å². The van der Waals surface area contributed by atoms with Crippen LogP contribution in [0.2, 0.25) is 0 Å². The third-order valence-electron chi connectivity index (χ3n) is 3.45. The van der Waals surface area contributed by atoms with Gasteiger partial charge in [0.05, 0.1) is 19.7 Å². The SMILES string of the molecule is O=C(O)CN(CCCOC[C@H]1OC(O)[C@H](O)[C@@H](O)[C@@H]1O)CC(=O)O. The Morgan fingerprint density at radius 1 is 0.958 bits per heavy atom. The van der Waals surface area contributed by atoms with E-state index in [0.717, 1.165) is 0 Å². The topological polar surface area (TPSA) is 177 Å². The molecule has 1 heterocycles. The van der Waals surface area contributed by atoms with Crippen LogP contribution in [0.25, 0.3) is 0 Å². The monoisotopic (exact) mass is 353 g/mol. The molecule has 1 fully saturated rings. The highest BCUT2D eigenvalue weighted by Gasteiger charge is 2.42. The second-order valence-electron chi connectivity index (χ2n) is 5.46. The number of carbonyl (C=O) groups is 2. The lowest BCUT2D eigenvalue weighted by molar-refractivity contribution is -0.288. The van der Waals surface area contributed by atoms with Crippen molar-refractivity contribution in [3.05, 3.63) is 0 Å². The highest BCUT2D eigenvalue weighted by molar-refractivity contribution is 5.72. The molecule has 24 heavy (non-hydrogen) atoms. The fraction of sp³-hybridized carbons (Fsp3) is 0.846. The average molecular weight is 353 g/mol. The Kier molecular flexibility index (Phi) is 8.48. The summed E-state index contributed by atoms with van der Waals surface area (Å²) < 4.78 is 10.1. The van der Waals surface area contributed by atoms with E-state index in [2.05, 4.69) is 0 Å². The number of aliphatic hydroxyl groups is 4. The van der Waals surface area contributed by atoms with E-state index in [0.29, 0.717) is 6.42 Å². The number of nitrogens with zero attached hydrogens (tertiary/aromatic N) is 1. The van der Waals surface area contributed by atoms with Gasteiger partial charge >= 0.3 is 11.9 Å². The minimum absolute atomic E-state index is 0.122. The van der Waals surface area contributed by atoms with Crippen LogP contribution in [0, 0.1) is 0 Å². The maximum atomic E-state index is 10.6. The number of carboxylic acids is 2. The van der Waals surface area contributed by atoms with Crippen molar-refractivity contribution >= 4 is 11.9 Å². The van der Waals surface area contributed by atoms with E-state index in [1.54, 1.807) is 0 Å². The second kappa shape index (κ2) is 9.84. The van der Waals surface area contributed by atoms with E-state index in [4.69, 9.17) is 19.7 Å². The number of rotatable bonds is 10. The summed E-state index contributed by atoms with van der Waals surface area (Å²) in [6.45, 7) is -0.687. The number of hydrogen-bond donors (Lipinski definition) is 6. The molecule has 0 aliphatic carbocycles. The summed E-state index contributed by atoms with van der Waals surface area (Å²) in [6, 6.07) is 0. The van der Waals surface area contributed by atoms with Gasteiger partial charge in [0.1, 0.15) is 24.4 Å². The molecule has 0 aromatic rings. The maximum Gasteiger partial charge on any atom is 0.317 e. The van der Waals surface area contributed by atoms with Gasteiger partial charge in [-0.25, -0.2) is 0 Å². The Morgan fingerprint density at radius 2 is 1.54 bits per heavy atom. The molecule has 0 bridgehead atoms. The summed E-state index contributed by atoms with van der Waals surface area (Å²) in [5.74, 6) is -2.28. The van der Waals surface area contributed by atoms with Crippen LogP contribution < -0.4 is 0 Å². The Balaban J connectivity index is 2.29. The van der Waals surface area contributed by atoms with Gasteiger partial charge in [-0.05, 0) is 6.42 Å². The zero-order valence-corrected chi connectivity index (χ0v) is 12.9. The standard InChI is InChI=1S/C13H23NO10/c15-8(16)4-14(5-9(17)18)2-1-3-23-6-7-10(19)11(20)12(21)13(22)24-7/h7,10-13,19-22H,1-6H2,(H,15,16)(H,17,18)/t7-,10-,11+,12-,13?/m1/s1. The lowest BCUT2D eigenvalue weighted by Gasteiger charge is -2.38. The van der Waals surface area contributed by atoms with Gasteiger partial charge in [-0.15, -0.1) is 0 Å². The Morgan fingerprint density at radius 3 is 2.08 bits per heavy atom. The molecule has 0 amide bonds. The van der Waals surface area contributed by atoms with Crippen molar-refractivity contribution in [2.24, 2.45) is 0 Å². The summed E-state index contributed by atoms with van der Waals surface area (Å²) in [4.78, 5) is 22.5. The van der Waals surface area contributed by atoms with Gasteiger partial charge in [-0.1, -0.05) is 0 Å². The molecule has 0 aromatic heterocycles. The van der Waals surface area contributed by atoms with E-state index in [-0.39, 0.29) is 19.8 Å². The summed E-state index contributed by atoms with van der Waals surface area (Å²) in [5.41, 5.74) is 0. The molecule has 0 saturated carbocycles. The molecule has 0 radical (unpaired) electrons. The van der Waals surface area contributed by atoms with Crippen LogP contribution in [0.1, 0.15) is 6.42 Å². The minimum atomic E-state index is -1.64. The largest absolute Gasteiger partial charge is 0.480 e. The minimum Gasteiger partial charge on any atom is -0.480 e. The van der Waals surface area contributed by atoms with Crippen LogP contribution in [0.3, 0.4) is 0 Å². The smallest absolute Gasteiger partial charge is 0.317 e. The number of aliphatic hydroxyl groups excluding tert-OH is 4. The number of carboxylic acid groups (broad SMARTS) is 2. The first-order valence-electron chi connectivity index (χ1n) is 7.33. The number of aliphatic carboxylic acids is 2. The van der Waals surface area contributed by atoms with Crippen molar-refractivity contribution in [3.8, 4) is 0 Å². The molecule has 6 N–H and O–H groups in total. The first-order valence-corrected chi connectivity index (χ1v) is 7.33. The quantitative estimate of drug-likeness (QED) is 0.216. The highest BCUT2D eigenvalue weighted by Crippen LogP contribution is 2.20. The number of hydrogen-bond acceptors (Lipinski definition) is 9. The Labute approximate surface area is 137 Å². The van der Waals surface area contributed by atoms with E-state index in [1.165, 1.54) is 4.90 Å². The number of ether oxygens (including phenoxy) is 2. The Bertz CT molecular complexity index is 404. The highest BCUT2D eigenvalue weighted by atomic mass is 16.6. The van der Waals surface area contributed by atoms with Gasteiger partial charge in [0.2, 0.25) is 0 Å². The van der Waals surface area contributed by atoms with Crippen LogP contribution in [0.4, 0.5) is 0 Å². The molecule has 11 heteroatoms. The summed E-state index contributed by atoms with van der Waals surface area (Å²) >= 11 is 0. The molecule has 1 aliphatic heterocycles. The van der Waals surface area contributed by atoms with Crippen LogP contribution in [0.15, 0.2) is 0 Å². The zero-order valence-electron chi connectivity index (χ0n) is 12.9. The molecular formula is C13H23NO10. The molecule has 0 aromatic carbocycles. The van der Waals surface area contributed by atoms with Crippen LogP contribution in [-0.2, 0) is 19.1 Å². The van der Waals surface area contributed by atoms with Gasteiger partial charge < -0.3 is 40.1 Å². The fourth-order valence-corrected chi connectivity index (χ4v) is 2.25. The van der Waals surface area contributed by atoms with Gasteiger partial charge in [0.25, 0.3) is 0 Å². The van der Waals surface area contributed by atoms with Crippen molar-refractivity contribution in [1.82, 2.24) is 4.90 Å². The van der Waals surface area contributed by atoms with E-state index in [9.17, 15) is 30.0 Å². The van der Waals surface area contributed by atoms with Crippen LogP contribution in [0.5, 0.6) is 0 Å². The van der Waals surface area contributed by atoms with Gasteiger partial charge in [-0.3, -0.25) is 14.5 Å². The van der Waals surface area contributed by atoms with Crippen LogP contribution in [-0.4, -0.2) is 111 Å². The van der Waals surface area contributed by atoms with Gasteiger partial charge in [-0.2, -0.15) is 0 Å². The van der Waals surface area contributed by atoms with Gasteiger partial charge in [0, 0.05) is 13.2 Å². The van der Waals surface area contributed by atoms with Crippen molar-refractivity contribution in [2.75, 3.05) is 32.8 Å². The normalized spacial score (nSPS) is 30.5. The average Bonchev–Trinajstić information content (AvgIpc) is 2.48. The fourth-order valence-electron chi connectivity index (χ4n) is 2.25. The van der Waals surface area contributed by atoms with Crippen molar-refractivity contribution < 1.29 is 49.7 Å². The molecule has 11 nitrogen and oxygen atoms in total. The molecule has 1 saturated heterocycles. The molecule has 0 spiro atoms. The molecule has 1 rings (SSSR count). The Hall–Kier alpha value is -1.34. The molecule has 1 unspecified atom stereocenters. The van der Waals surface area contributed by atoms with Crippen molar-refractivity contribution in [2.45, 2.75) is 37.1 Å². The third-order valence-corrected chi connectivity index (χ3v) is 3.45. The molecular weight excluding hydrogens is 330 g/mol. The molecule has 5 atom stereocenters. The predicted molar refractivity (Wildman–Crippen MR) is 76.0 cm³/mol. The zero-order chi connectivity index (χ0) is 18.3. The second-order valence-corrected chi connectivity index (χ2v) is 5.46. The first kappa shape index (κ1) is 20.7. The first-order chi connectivity index (χ1) is 11.2. The van der Waals surface area contributed by atoms with Gasteiger partial charge in [0.15, 0.2) is 6.29 Å². The van der Waals surface area contributed by atoms with E-state index >= 15 is 0 Å². The lowest BCUT2D eigenvalue weighted by Crippen LogP contribution is -2.58. The van der Waals surface area contributed by atoms with Crippen molar-refractivity contribution in [1.29, 1.82) is 0 Å². The summed E-state index contributed by atoms with van der Waals surface area (Å²) in [7, 11) is 0. The summed E-state index contributed by atoms with van der Waals surface area (Å²) in [6.07, 6.45) is -6.96. The summed E-state index contributed by atoms with van der Waals surface area (Å²) in [5, 5.41) is 55.3. The van der Waals surface area contributed by atoms with E-state index < -0.39 is 55.7 Å². The lowest BCUT2D eigenvalue weighted by atomic mass is 9.99. The van der Waals surface area contributed by atoms with Crippen molar-refractivity contribution in [3.63, 3.8) is 0 Å². The predicted octanol–water partition coefficient (Wildman–Crippen LogP) is -3.34. The van der Waals surface area contributed by atoms with E-state index in [1.807, 2.05) is 0 Å². The third kappa shape index (κ3) is 6.65. The maximum absolute atomic E-state index is 10.6. The molecule has 140 valence electrons.